The van der Waals surface area contributed by atoms with Gasteiger partial charge in [-0.25, -0.2) is 9.18 Å². The number of amides is 1. The standard InChI is InChI=1S/C27H25FN4O3/c1-15-14-20(12-13-21(15)18-8-10-19(11-9-18)26(29)30)25-24(17(3)35-32-25)31-27(33)34-16(2)22-6-4-5-7-23(22)28/h4-14,16H,1-3H3,(H3,29,30)(H,31,33)/t16-/m1/s1. The fourth-order valence-corrected chi connectivity index (χ4v) is 3.84. The van der Waals surface area contributed by atoms with E-state index >= 15 is 0 Å². The molecule has 0 saturated carbocycles. The maximum atomic E-state index is 14.0. The zero-order chi connectivity index (χ0) is 25.1. The summed E-state index contributed by atoms with van der Waals surface area (Å²) in [6, 6.07) is 19.4. The highest BCUT2D eigenvalue weighted by Gasteiger charge is 2.21. The molecule has 0 aliphatic carbocycles. The van der Waals surface area contributed by atoms with Gasteiger partial charge in [0.1, 0.15) is 29.1 Å². The SMILES string of the molecule is Cc1cc(-c2noc(C)c2NC(=O)O[C@H](C)c2ccccc2F)ccc1-c1ccc(C(=N)N)cc1. The number of nitrogens with one attached hydrogen (secondary N) is 2. The van der Waals surface area contributed by atoms with E-state index in [4.69, 9.17) is 20.4 Å². The second-order valence-corrected chi connectivity index (χ2v) is 8.18. The Morgan fingerprint density at radius 3 is 2.43 bits per heavy atom. The van der Waals surface area contributed by atoms with Gasteiger partial charge in [-0.05, 0) is 49.6 Å². The minimum Gasteiger partial charge on any atom is -0.441 e. The van der Waals surface area contributed by atoms with Gasteiger partial charge in [0, 0.05) is 16.7 Å². The van der Waals surface area contributed by atoms with E-state index in [9.17, 15) is 9.18 Å². The molecule has 1 amide bonds. The maximum absolute atomic E-state index is 14.0. The summed E-state index contributed by atoms with van der Waals surface area (Å²) < 4.78 is 24.7. The molecule has 1 heterocycles. The first-order valence-electron chi connectivity index (χ1n) is 11.0. The molecule has 4 aromatic rings. The van der Waals surface area contributed by atoms with Crippen LogP contribution < -0.4 is 11.1 Å². The number of hydrogen-bond donors (Lipinski definition) is 3. The Labute approximate surface area is 202 Å². The number of anilines is 1. The predicted octanol–water partition coefficient (Wildman–Crippen LogP) is 6.36. The monoisotopic (exact) mass is 472 g/mol. The van der Waals surface area contributed by atoms with Crippen molar-refractivity contribution >= 4 is 17.6 Å². The van der Waals surface area contributed by atoms with Crippen LogP contribution in [-0.4, -0.2) is 17.1 Å². The van der Waals surface area contributed by atoms with Crippen molar-refractivity contribution in [1.82, 2.24) is 5.16 Å². The highest BCUT2D eigenvalue weighted by molar-refractivity contribution is 5.95. The zero-order valence-corrected chi connectivity index (χ0v) is 19.6. The minimum atomic E-state index is -0.782. The molecule has 4 N–H and O–H groups in total. The molecule has 35 heavy (non-hydrogen) atoms. The van der Waals surface area contributed by atoms with E-state index in [1.54, 1.807) is 32.0 Å². The van der Waals surface area contributed by atoms with E-state index in [-0.39, 0.29) is 11.4 Å². The van der Waals surface area contributed by atoms with Crippen molar-refractivity contribution in [2.75, 3.05) is 5.32 Å². The van der Waals surface area contributed by atoms with Crippen LogP contribution in [0.25, 0.3) is 22.4 Å². The number of ether oxygens (including phenoxy) is 1. The quantitative estimate of drug-likeness (QED) is 0.223. The molecule has 0 spiro atoms. The molecule has 1 aromatic heterocycles. The van der Waals surface area contributed by atoms with Gasteiger partial charge in [0.05, 0.1) is 0 Å². The lowest BCUT2D eigenvalue weighted by Crippen LogP contribution is -2.17. The number of aryl methyl sites for hydroxylation is 2. The van der Waals surface area contributed by atoms with E-state index in [0.717, 1.165) is 22.3 Å². The highest BCUT2D eigenvalue weighted by atomic mass is 19.1. The van der Waals surface area contributed by atoms with E-state index in [1.165, 1.54) is 6.07 Å². The highest BCUT2D eigenvalue weighted by Crippen LogP contribution is 2.34. The van der Waals surface area contributed by atoms with Crippen molar-refractivity contribution in [3.8, 4) is 22.4 Å². The van der Waals surface area contributed by atoms with E-state index < -0.39 is 18.0 Å². The first-order valence-corrected chi connectivity index (χ1v) is 11.0. The third kappa shape index (κ3) is 5.06. The van der Waals surface area contributed by atoms with Gasteiger partial charge in [0.2, 0.25) is 0 Å². The molecule has 4 rings (SSSR count). The summed E-state index contributed by atoms with van der Waals surface area (Å²) in [6.07, 6.45) is -1.53. The number of rotatable bonds is 6. The van der Waals surface area contributed by atoms with E-state index in [1.807, 2.05) is 49.4 Å². The van der Waals surface area contributed by atoms with Gasteiger partial charge in [-0.1, -0.05) is 59.8 Å². The summed E-state index contributed by atoms with van der Waals surface area (Å²) in [5.74, 6) is -0.00920. The molecule has 0 bridgehead atoms. The number of nitrogens with zero attached hydrogens (tertiary/aromatic N) is 1. The van der Waals surface area contributed by atoms with Crippen molar-refractivity contribution in [3.05, 3.63) is 95.0 Å². The third-order valence-corrected chi connectivity index (χ3v) is 5.72. The van der Waals surface area contributed by atoms with Crippen LogP contribution in [0.2, 0.25) is 0 Å². The van der Waals surface area contributed by atoms with E-state index in [0.29, 0.717) is 22.7 Å². The topological polar surface area (TPSA) is 114 Å². The van der Waals surface area contributed by atoms with Crippen molar-refractivity contribution in [3.63, 3.8) is 0 Å². The van der Waals surface area contributed by atoms with Crippen molar-refractivity contribution in [2.45, 2.75) is 26.9 Å². The summed E-state index contributed by atoms with van der Waals surface area (Å²) in [7, 11) is 0. The van der Waals surface area contributed by atoms with Crippen LogP contribution in [0, 0.1) is 25.1 Å². The Hall–Kier alpha value is -4.46. The summed E-state index contributed by atoms with van der Waals surface area (Å²) >= 11 is 0. The van der Waals surface area contributed by atoms with Crippen molar-refractivity contribution in [2.24, 2.45) is 5.73 Å². The first-order chi connectivity index (χ1) is 16.7. The molecule has 3 aromatic carbocycles. The van der Waals surface area contributed by atoms with Crippen LogP contribution in [0.15, 0.2) is 71.3 Å². The Kier molecular flexibility index (Phi) is 6.64. The summed E-state index contributed by atoms with van der Waals surface area (Å²) in [6.45, 7) is 5.26. The molecular formula is C27H25FN4O3. The number of aromatic nitrogens is 1. The van der Waals surface area contributed by atoms with Gasteiger partial charge in [-0.2, -0.15) is 0 Å². The largest absolute Gasteiger partial charge is 0.441 e. The van der Waals surface area contributed by atoms with Gasteiger partial charge in [0.15, 0.2) is 5.76 Å². The average molecular weight is 473 g/mol. The van der Waals surface area contributed by atoms with Crippen LogP contribution in [0.3, 0.4) is 0 Å². The molecule has 0 unspecified atom stereocenters. The molecule has 0 aliphatic rings. The van der Waals surface area contributed by atoms with Gasteiger partial charge in [-0.15, -0.1) is 0 Å². The molecule has 178 valence electrons. The van der Waals surface area contributed by atoms with Crippen molar-refractivity contribution < 1.29 is 18.4 Å². The van der Waals surface area contributed by atoms with Crippen LogP contribution in [0.1, 0.15) is 35.5 Å². The van der Waals surface area contributed by atoms with Gasteiger partial charge < -0.3 is 15.0 Å². The molecule has 0 aliphatic heterocycles. The number of benzene rings is 3. The third-order valence-electron chi connectivity index (χ3n) is 5.72. The maximum Gasteiger partial charge on any atom is 0.412 e. The molecule has 0 fully saturated rings. The molecule has 8 heteroatoms. The van der Waals surface area contributed by atoms with Gasteiger partial charge in [0.25, 0.3) is 0 Å². The number of amidine groups is 1. The second kappa shape index (κ2) is 9.80. The summed E-state index contributed by atoms with van der Waals surface area (Å²) in [4.78, 5) is 12.6. The number of hydrogen-bond acceptors (Lipinski definition) is 5. The number of carbonyl (C=O) groups is 1. The number of nitrogens with two attached hydrogens (primary N) is 1. The smallest absolute Gasteiger partial charge is 0.412 e. The fraction of sp³-hybridized carbons (Fsp3) is 0.148. The van der Waals surface area contributed by atoms with Crippen LogP contribution in [0.5, 0.6) is 0 Å². The number of carbonyl (C=O) groups excluding carboxylic acids is 1. The minimum absolute atomic E-state index is 0.0203. The van der Waals surface area contributed by atoms with Gasteiger partial charge >= 0.3 is 6.09 Å². The first kappa shape index (κ1) is 23.7. The normalized spacial score (nSPS) is 11.7. The van der Waals surface area contributed by atoms with Crippen LogP contribution in [-0.2, 0) is 4.74 Å². The summed E-state index contributed by atoms with van der Waals surface area (Å²) in [5.41, 5.74) is 11.1. The van der Waals surface area contributed by atoms with Gasteiger partial charge in [-0.3, -0.25) is 10.7 Å². The summed E-state index contributed by atoms with van der Waals surface area (Å²) in [5, 5.41) is 14.4. The van der Waals surface area contributed by atoms with Crippen molar-refractivity contribution in [1.29, 1.82) is 5.41 Å². The molecule has 1 atom stereocenters. The van der Waals surface area contributed by atoms with E-state index in [2.05, 4.69) is 10.5 Å². The Morgan fingerprint density at radius 2 is 1.77 bits per heavy atom. The average Bonchev–Trinajstić information content (AvgIpc) is 3.19. The number of nitrogen functional groups attached to an aromatic ring is 1. The molecule has 0 radical (unpaired) electrons. The Bertz CT molecular complexity index is 1400. The zero-order valence-electron chi connectivity index (χ0n) is 19.6. The molecular weight excluding hydrogens is 447 g/mol. The Morgan fingerprint density at radius 1 is 1.09 bits per heavy atom. The number of halogens is 1. The molecule has 0 saturated heterocycles. The Balaban J connectivity index is 1.55. The predicted molar refractivity (Wildman–Crippen MR) is 133 cm³/mol. The lowest BCUT2D eigenvalue weighted by Gasteiger charge is -2.15. The lowest BCUT2D eigenvalue weighted by atomic mass is 9.96. The fourth-order valence-electron chi connectivity index (χ4n) is 3.84. The molecule has 7 nitrogen and oxygen atoms in total. The van der Waals surface area contributed by atoms with Crippen LogP contribution in [0.4, 0.5) is 14.9 Å². The van der Waals surface area contributed by atoms with Crippen LogP contribution >= 0.6 is 0 Å². The lowest BCUT2D eigenvalue weighted by molar-refractivity contribution is 0.119. The second-order valence-electron chi connectivity index (χ2n) is 8.18.